The molecule has 2 aliphatic carbocycles. The van der Waals surface area contributed by atoms with Crippen LogP contribution in [0, 0.1) is 17.8 Å². The molecule has 0 aromatic carbocycles. The van der Waals surface area contributed by atoms with E-state index in [1.807, 2.05) is 0 Å². The summed E-state index contributed by atoms with van der Waals surface area (Å²) in [5, 5.41) is 9.21. The summed E-state index contributed by atoms with van der Waals surface area (Å²) in [6.45, 7) is 2.10. The number of hydrogen-bond acceptors (Lipinski definition) is 3. The van der Waals surface area contributed by atoms with Crippen LogP contribution in [0.1, 0.15) is 58.3 Å². The molecule has 0 aromatic rings. The molecule has 2 unspecified atom stereocenters. The fourth-order valence-electron chi connectivity index (χ4n) is 4.72. The van der Waals surface area contributed by atoms with Crippen molar-refractivity contribution < 1.29 is 19.5 Å². The zero-order valence-electron chi connectivity index (χ0n) is 12.5. The zero-order chi connectivity index (χ0) is 15.2. The highest BCUT2D eigenvalue weighted by Crippen LogP contribution is 2.49. The van der Waals surface area contributed by atoms with Gasteiger partial charge in [-0.1, -0.05) is 26.2 Å². The lowest BCUT2D eigenvalue weighted by atomic mass is 9.90. The zero-order valence-corrected chi connectivity index (χ0v) is 12.5. The molecule has 1 saturated heterocycles. The van der Waals surface area contributed by atoms with Gasteiger partial charge in [0.1, 0.15) is 0 Å². The maximum Gasteiger partial charge on any atom is 0.305 e. The van der Waals surface area contributed by atoms with Crippen LogP contribution in [0.3, 0.4) is 0 Å². The summed E-state index contributed by atoms with van der Waals surface area (Å²) in [6, 6.07) is 0. The third-order valence-electron chi connectivity index (χ3n) is 5.80. The molecule has 1 N–H and O–H groups in total. The van der Waals surface area contributed by atoms with Crippen molar-refractivity contribution in [1.29, 1.82) is 0 Å². The van der Waals surface area contributed by atoms with Gasteiger partial charge in [-0.3, -0.25) is 19.3 Å². The molecule has 0 radical (unpaired) electrons. The van der Waals surface area contributed by atoms with E-state index >= 15 is 0 Å². The Morgan fingerprint density at radius 3 is 2.14 bits per heavy atom. The van der Waals surface area contributed by atoms with Crippen molar-refractivity contribution in [1.82, 2.24) is 4.90 Å². The molecule has 21 heavy (non-hydrogen) atoms. The summed E-state index contributed by atoms with van der Waals surface area (Å²) in [5.41, 5.74) is -0.744. The van der Waals surface area contributed by atoms with Gasteiger partial charge in [0, 0.05) is 0 Å². The van der Waals surface area contributed by atoms with Crippen LogP contribution in [0.15, 0.2) is 0 Å². The third kappa shape index (κ3) is 2.17. The van der Waals surface area contributed by atoms with Crippen LogP contribution in [0.5, 0.6) is 0 Å². The van der Waals surface area contributed by atoms with Gasteiger partial charge in [-0.15, -0.1) is 0 Å². The normalized spacial score (nSPS) is 34.5. The summed E-state index contributed by atoms with van der Waals surface area (Å²) in [6.07, 6.45) is 5.60. The highest BCUT2D eigenvalue weighted by Gasteiger charge is 2.58. The first-order chi connectivity index (χ1) is 9.98. The Morgan fingerprint density at radius 1 is 1.19 bits per heavy atom. The largest absolute Gasteiger partial charge is 0.481 e. The van der Waals surface area contributed by atoms with Crippen LogP contribution in [0.4, 0.5) is 0 Å². The minimum atomic E-state index is -0.916. The predicted octanol–water partition coefficient (Wildman–Crippen LogP) is 2.20. The lowest BCUT2D eigenvalue weighted by molar-refractivity contribution is -0.151. The molecule has 0 spiro atoms. The molecule has 1 aliphatic heterocycles. The first-order valence-corrected chi connectivity index (χ1v) is 8.08. The number of carbonyl (C=O) groups excluding carboxylic acids is 2. The Labute approximate surface area is 124 Å². The second-order valence-electron chi connectivity index (χ2n) is 6.97. The molecule has 5 nitrogen and oxygen atoms in total. The first kappa shape index (κ1) is 14.5. The van der Waals surface area contributed by atoms with Gasteiger partial charge in [-0.2, -0.15) is 0 Å². The van der Waals surface area contributed by atoms with Crippen molar-refractivity contribution in [2.45, 2.75) is 63.8 Å². The van der Waals surface area contributed by atoms with E-state index in [0.717, 1.165) is 32.1 Å². The van der Waals surface area contributed by atoms with Crippen molar-refractivity contribution in [3.63, 3.8) is 0 Å². The van der Waals surface area contributed by atoms with Crippen LogP contribution < -0.4 is 0 Å². The number of nitrogens with zero attached hydrogens (tertiary/aromatic N) is 1. The number of carboxylic acid groups (broad SMARTS) is 1. The summed E-state index contributed by atoms with van der Waals surface area (Å²) in [4.78, 5) is 38.1. The average Bonchev–Trinajstić information content (AvgIpc) is 3.08. The van der Waals surface area contributed by atoms with E-state index in [1.54, 1.807) is 0 Å². The molecule has 2 saturated carbocycles. The Hall–Kier alpha value is -1.39. The molecule has 3 rings (SSSR count). The number of rotatable bonds is 4. The van der Waals surface area contributed by atoms with Crippen molar-refractivity contribution in [2.75, 3.05) is 0 Å². The van der Waals surface area contributed by atoms with E-state index in [2.05, 4.69) is 6.92 Å². The van der Waals surface area contributed by atoms with Crippen LogP contribution in [0.25, 0.3) is 0 Å². The molecular formula is C16H23NO4. The van der Waals surface area contributed by atoms with Gasteiger partial charge in [-0.05, 0) is 31.6 Å². The molecule has 2 amide bonds. The van der Waals surface area contributed by atoms with Crippen molar-refractivity contribution >= 4 is 17.8 Å². The number of fused-ring (bicyclic) bond motifs is 1. The van der Waals surface area contributed by atoms with Crippen LogP contribution in [-0.4, -0.2) is 33.3 Å². The van der Waals surface area contributed by atoms with Crippen molar-refractivity contribution in [3.05, 3.63) is 0 Å². The summed E-state index contributed by atoms with van der Waals surface area (Å²) >= 11 is 0. The Balaban J connectivity index is 1.87. The molecule has 116 valence electrons. The monoisotopic (exact) mass is 293 g/mol. The second kappa shape index (κ2) is 5.11. The predicted molar refractivity (Wildman–Crippen MR) is 75.3 cm³/mol. The van der Waals surface area contributed by atoms with Crippen molar-refractivity contribution in [2.24, 2.45) is 17.8 Å². The van der Waals surface area contributed by atoms with Gasteiger partial charge >= 0.3 is 5.97 Å². The lowest BCUT2D eigenvalue weighted by Gasteiger charge is -2.37. The van der Waals surface area contributed by atoms with Crippen LogP contribution in [-0.2, 0) is 14.4 Å². The third-order valence-corrected chi connectivity index (χ3v) is 5.80. The van der Waals surface area contributed by atoms with Crippen LogP contribution in [0.2, 0.25) is 0 Å². The maximum atomic E-state index is 12.7. The number of imide groups is 1. The summed E-state index contributed by atoms with van der Waals surface area (Å²) < 4.78 is 0. The number of aliphatic carboxylic acids is 1. The minimum Gasteiger partial charge on any atom is -0.481 e. The van der Waals surface area contributed by atoms with Crippen molar-refractivity contribution in [3.8, 4) is 0 Å². The minimum absolute atomic E-state index is 0.0934. The standard InChI is InChI=1S/C16H23NO4/c1-2-10-7-11-12(8-10)15(21)17(14(11)20)16(9-13(18)19)5-3-4-6-16/h10-12H,2-9H2,1H3,(H,18,19). The van der Waals surface area contributed by atoms with Crippen LogP contribution >= 0.6 is 0 Å². The van der Waals surface area contributed by atoms with Gasteiger partial charge in [-0.25, -0.2) is 0 Å². The second-order valence-corrected chi connectivity index (χ2v) is 6.97. The number of hydrogen-bond donors (Lipinski definition) is 1. The molecule has 2 atom stereocenters. The van der Waals surface area contributed by atoms with Gasteiger partial charge in [0.05, 0.1) is 23.8 Å². The van der Waals surface area contributed by atoms with E-state index in [4.69, 9.17) is 0 Å². The molecule has 1 heterocycles. The highest BCUT2D eigenvalue weighted by molar-refractivity contribution is 6.06. The number of amides is 2. The van der Waals surface area contributed by atoms with E-state index < -0.39 is 11.5 Å². The smallest absolute Gasteiger partial charge is 0.305 e. The summed E-state index contributed by atoms with van der Waals surface area (Å²) in [5.74, 6) is -1.01. The fourth-order valence-corrected chi connectivity index (χ4v) is 4.72. The first-order valence-electron chi connectivity index (χ1n) is 8.08. The summed E-state index contributed by atoms with van der Waals surface area (Å²) in [7, 11) is 0. The molecule has 0 aromatic heterocycles. The fraction of sp³-hybridized carbons (Fsp3) is 0.812. The Bertz CT molecular complexity index is 457. The van der Waals surface area contributed by atoms with E-state index in [-0.39, 0.29) is 30.1 Å². The van der Waals surface area contributed by atoms with E-state index in [0.29, 0.717) is 18.8 Å². The average molecular weight is 293 g/mol. The van der Waals surface area contributed by atoms with Gasteiger partial charge in [0.25, 0.3) is 0 Å². The molecular weight excluding hydrogens is 270 g/mol. The molecule has 3 fully saturated rings. The Kier molecular flexibility index (Phi) is 3.54. The van der Waals surface area contributed by atoms with Gasteiger partial charge in [0.15, 0.2) is 0 Å². The lowest BCUT2D eigenvalue weighted by Crippen LogP contribution is -2.52. The Morgan fingerprint density at radius 2 is 1.71 bits per heavy atom. The van der Waals surface area contributed by atoms with E-state index in [1.165, 1.54) is 4.90 Å². The molecule has 0 bridgehead atoms. The molecule has 3 aliphatic rings. The van der Waals surface area contributed by atoms with Gasteiger partial charge in [0.2, 0.25) is 11.8 Å². The van der Waals surface area contributed by atoms with E-state index in [9.17, 15) is 19.5 Å². The SMILES string of the molecule is CCC1CC2C(=O)N(C3(CC(=O)O)CCCC3)C(=O)C2C1. The highest BCUT2D eigenvalue weighted by atomic mass is 16.4. The van der Waals surface area contributed by atoms with Gasteiger partial charge < -0.3 is 5.11 Å². The maximum absolute atomic E-state index is 12.7. The number of carbonyl (C=O) groups is 3. The number of likely N-dealkylation sites (tertiary alicyclic amines) is 1. The quantitative estimate of drug-likeness (QED) is 0.806. The number of carboxylic acids is 1. The topological polar surface area (TPSA) is 74.7 Å². The molecule has 5 heteroatoms.